The van der Waals surface area contributed by atoms with E-state index in [1.807, 2.05) is 6.08 Å². The van der Waals surface area contributed by atoms with Crippen LogP contribution < -0.4 is 11.1 Å². The average molecular weight is 203 g/mol. The van der Waals surface area contributed by atoms with Gasteiger partial charge in [0, 0.05) is 18.3 Å². The summed E-state index contributed by atoms with van der Waals surface area (Å²) in [6, 6.07) is 0. The Bertz CT molecular complexity index is 402. The standard InChI is InChI=1S/C11H13N3O/c12-10(15)8-3-1-5-13-11-9(7-8)4-2-6-14-11/h1,3,5,7H,2,4,6H2,(H2,12,15)(H,13,14). The van der Waals surface area contributed by atoms with Crippen LogP contribution in [0.1, 0.15) is 12.8 Å². The molecular weight excluding hydrogens is 190 g/mol. The Labute approximate surface area is 88.3 Å². The molecule has 0 aromatic heterocycles. The van der Waals surface area contributed by atoms with Crippen LogP contribution in [0.5, 0.6) is 0 Å². The second-order valence-electron chi connectivity index (χ2n) is 3.49. The molecule has 0 aromatic carbocycles. The van der Waals surface area contributed by atoms with Gasteiger partial charge in [0.2, 0.25) is 5.91 Å². The van der Waals surface area contributed by atoms with Crippen LogP contribution in [-0.4, -0.2) is 18.3 Å². The molecule has 0 saturated carbocycles. The van der Waals surface area contributed by atoms with Gasteiger partial charge < -0.3 is 11.1 Å². The van der Waals surface area contributed by atoms with Crippen molar-refractivity contribution in [3.63, 3.8) is 0 Å². The first kappa shape index (κ1) is 9.71. The van der Waals surface area contributed by atoms with E-state index in [1.54, 1.807) is 18.4 Å². The number of primary amides is 1. The largest absolute Gasteiger partial charge is 0.366 e. The second-order valence-corrected chi connectivity index (χ2v) is 3.49. The Hall–Kier alpha value is -1.84. The Balaban J connectivity index is 2.39. The molecule has 4 heteroatoms. The molecule has 78 valence electrons. The van der Waals surface area contributed by atoms with E-state index in [0.717, 1.165) is 30.8 Å². The van der Waals surface area contributed by atoms with Crippen LogP contribution in [0, 0.1) is 0 Å². The zero-order valence-corrected chi connectivity index (χ0v) is 8.36. The molecule has 0 fully saturated rings. The summed E-state index contributed by atoms with van der Waals surface area (Å²) in [5, 5.41) is 3.09. The predicted octanol–water partition coefficient (Wildman–Crippen LogP) is 0.634. The van der Waals surface area contributed by atoms with Crippen molar-refractivity contribution < 1.29 is 4.79 Å². The molecule has 3 N–H and O–H groups in total. The molecule has 2 heterocycles. The van der Waals surface area contributed by atoms with E-state index in [9.17, 15) is 4.79 Å². The Morgan fingerprint density at radius 2 is 2.40 bits per heavy atom. The van der Waals surface area contributed by atoms with Gasteiger partial charge in [-0.2, -0.15) is 0 Å². The third-order valence-corrected chi connectivity index (χ3v) is 2.38. The molecule has 2 rings (SSSR count). The van der Waals surface area contributed by atoms with Crippen molar-refractivity contribution in [3.05, 3.63) is 35.6 Å². The van der Waals surface area contributed by atoms with Crippen LogP contribution in [0.15, 0.2) is 40.6 Å². The highest BCUT2D eigenvalue weighted by Crippen LogP contribution is 2.16. The molecule has 0 atom stereocenters. The Kier molecular flexibility index (Phi) is 2.67. The fraction of sp³-hybridized carbons (Fsp3) is 0.273. The van der Waals surface area contributed by atoms with Gasteiger partial charge in [-0.25, -0.2) is 0 Å². The minimum absolute atomic E-state index is 0.404. The zero-order chi connectivity index (χ0) is 10.7. The number of nitrogens with two attached hydrogens (primary N) is 1. The minimum Gasteiger partial charge on any atom is -0.366 e. The molecule has 0 unspecified atom stereocenters. The molecule has 0 spiro atoms. The van der Waals surface area contributed by atoms with Gasteiger partial charge >= 0.3 is 0 Å². The molecule has 1 amide bonds. The van der Waals surface area contributed by atoms with Crippen LogP contribution in [-0.2, 0) is 4.79 Å². The summed E-state index contributed by atoms with van der Waals surface area (Å²) in [4.78, 5) is 15.5. The second kappa shape index (κ2) is 4.13. The number of carbonyl (C=O) groups is 1. The number of fused-ring (bicyclic) bond motifs is 1. The van der Waals surface area contributed by atoms with Crippen molar-refractivity contribution in [1.82, 2.24) is 5.32 Å². The van der Waals surface area contributed by atoms with E-state index >= 15 is 0 Å². The average Bonchev–Trinajstić information content (AvgIpc) is 2.18. The molecule has 15 heavy (non-hydrogen) atoms. The number of aliphatic imine (C=N–C) groups is 1. The highest BCUT2D eigenvalue weighted by molar-refractivity contribution is 6.03. The summed E-state index contributed by atoms with van der Waals surface area (Å²) >= 11 is 0. The highest BCUT2D eigenvalue weighted by Gasteiger charge is 2.13. The van der Waals surface area contributed by atoms with Crippen LogP contribution in [0.4, 0.5) is 0 Å². The van der Waals surface area contributed by atoms with Gasteiger partial charge in [-0.1, -0.05) is 0 Å². The van der Waals surface area contributed by atoms with Crippen molar-refractivity contribution in [3.8, 4) is 0 Å². The van der Waals surface area contributed by atoms with E-state index in [1.165, 1.54) is 0 Å². The molecule has 2 aliphatic heterocycles. The van der Waals surface area contributed by atoms with Gasteiger partial charge in [-0.15, -0.1) is 0 Å². The number of hydrogen-bond acceptors (Lipinski definition) is 3. The third-order valence-electron chi connectivity index (χ3n) is 2.38. The van der Waals surface area contributed by atoms with Gasteiger partial charge in [0.1, 0.15) is 5.84 Å². The maximum Gasteiger partial charge on any atom is 0.248 e. The number of nitrogens with one attached hydrogen (secondary N) is 1. The first-order chi connectivity index (χ1) is 7.27. The Morgan fingerprint density at radius 3 is 3.20 bits per heavy atom. The molecular formula is C11H13N3O. The number of amides is 1. The molecule has 0 aliphatic carbocycles. The molecule has 2 aliphatic rings. The van der Waals surface area contributed by atoms with Gasteiger partial charge in [-0.3, -0.25) is 9.79 Å². The summed E-state index contributed by atoms with van der Waals surface area (Å²) < 4.78 is 0. The van der Waals surface area contributed by atoms with Crippen LogP contribution in [0.25, 0.3) is 0 Å². The molecule has 4 nitrogen and oxygen atoms in total. The molecule has 0 saturated heterocycles. The van der Waals surface area contributed by atoms with Crippen molar-refractivity contribution >= 4 is 11.7 Å². The monoisotopic (exact) mass is 203 g/mol. The first-order valence-electron chi connectivity index (χ1n) is 4.96. The smallest absolute Gasteiger partial charge is 0.248 e. The first-order valence-corrected chi connectivity index (χ1v) is 4.96. The lowest BCUT2D eigenvalue weighted by atomic mass is 10.0. The molecule has 0 bridgehead atoms. The van der Waals surface area contributed by atoms with E-state index in [-0.39, 0.29) is 0 Å². The minimum atomic E-state index is -0.404. The number of allylic oxidation sites excluding steroid dienone is 2. The number of rotatable bonds is 1. The van der Waals surface area contributed by atoms with Crippen molar-refractivity contribution in [2.75, 3.05) is 6.54 Å². The lowest BCUT2D eigenvalue weighted by molar-refractivity contribution is -0.114. The summed E-state index contributed by atoms with van der Waals surface area (Å²) in [5.41, 5.74) is 6.84. The zero-order valence-electron chi connectivity index (χ0n) is 8.36. The fourth-order valence-electron chi connectivity index (χ4n) is 1.63. The van der Waals surface area contributed by atoms with Gasteiger partial charge in [0.25, 0.3) is 0 Å². The van der Waals surface area contributed by atoms with Crippen LogP contribution in [0.2, 0.25) is 0 Å². The lowest BCUT2D eigenvalue weighted by Gasteiger charge is -2.17. The van der Waals surface area contributed by atoms with Gasteiger partial charge in [0.15, 0.2) is 0 Å². The topological polar surface area (TPSA) is 67.5 Å². The summed E-state index contributed by atoms with van der Waals surface area (Å²) in [6.07, 6.45) is 8.99. The maximum atomic E-state index is 11.1. The number of amidine groups is 1. The molecule has 0 radical (unpaired) electrons. The van der Waals surface area contributed by atoms with Gasteiger partial charge in [-0.05, 0) is 36.6 Å². The Morgan fingerprint density at radius 1 is 1.53 bits per heavy atom. The normalized spacial score (nSPS) is 28.9. The van der Waals surface area contributed by atoms with Crippen molar-refractivity contribution in [2.24, 2.45) is 10.7 Å². The van der Waals surface area contributed by atoms with E-state index in [4.69, 9.17) is 5.73 Å². The van der Waals surface area contributed by atoms with Crippen LogP contribution >= 0.6 is 0 Å². The number of hydrogen-bond donors (Lipinski definition) is 2. The summed E-state index contributed by atoms with van der Waals surface area (Å²) in [5.74, 6) is 0.448. The SMILES string of the molecule is NC(=O)C1=C/C=C\NC2=NCCC\C2=C\1. The maximum absolute atomic E-state index is 11.1. The predicted molar refractivity (Wildman–Crippen MR) is 59.2 cm³/mol. The van der Waals surface area contributed by atoms with Crippen LogP contribution in [0.3, 0.4) is 0 Å². The summed E-state index contributed by atoms with van der Waals surface area (Å²) in [7, 11) is 0. The van der Waals surface area contributed by atoms with E-state index in [0.29, 0.717) is 5.57 Å². The molecule has 0 aromatic rings. The van der Waals surface area contributed by atoms with Gasteiger partial charge in [0.05, 0.1) is 0 Å². The lowest BCUT2D eigenvalue weighted by Crippen LogP contribution is -2.25. The quantitative estimate of drug-likeness (QED) is 0.656. The number of carbonyl (C=O) groups excluding carboxylic acids is 1. The third kappa shape index (κ3) is 2.15. The van der Waals surface area contributed by atoms with E-state index < -0.39 is 5.91 Å². The van der Waals surface area contributed by atoms with E-state index in [2.05, 4.69) is 10.3 Å². The van der Waals surface area contributed by atoms with Crippen molar-refractivity contribution in [2.45, 2.75) is 12.8 Å². The van der Waals surface area contributed by atoms with Crippen molar-refractivity contribution in [1.29, 1.82) is 0 Å². The number of nitrogens with zero attached hydrogens (tertiary/aromatic N) is 1. The fourth-order valence-corrected chi connectivity index (χ4v) is 1.63. The highest BCUT2D eigenvalue weighted by atomic mass is 16.1. The summed E-state index contributed by atoms with van der Waals surface area (Å²) in [6.45, 7) is 0.836.